The van der Waals surface area contributed by atoms with Crippen LogP contribution in [-0.4, -0.2) is 17.0 Å². The number of nitrogens with zero attached hydrogens (tertiary/aromatic N) is 1. The summed E-state index contributed by atoms with van der Waals surface area (Å²) < 4.78 is 14.0. The fourth-order valence-corrected chi connectivity index (χ4v) is 3.91. The number of allylic oxidation sites excluding steroid dienone is 1. The molecule has 1 heterocycles. The van der Waals surface area contributed by atoms with Crippen molar-refractivity contribution in [3.05, 3.63) is 65.2 Å². The first-order valence-corrected chi connectivity index (χ1v) is 11.4. The molecule has 6 heteroatoms. The molecule has 2 aromatic carbocycles. The van der Waals surface area contributed by atoms with E-state index in [0.29, 0.717) is 12.1 Å². The zero-order chi connectivity index (χ0) is 23.1. The Hall–Kier alpha value is -3.15. The van der Waals surface area contributed by atoms with Crippen LogP contribution in [0.4, 0.5) is 20.6 Å². The Bertz CT molecular complexity index is 999. The van der Waals surface area contributed by atoms with Gasteiger partial charge >= 0.3 is 6.03 Å². The van der Waals surface area contributed by atoms with Crippen molar-refractivity contribution >= 4 is 28.9 Å². The smallest absolute Gasteiger partial charge is 0.333 e. The van der Waals surface area contributed by atoms with Crippen LogP contribution in [0.25, 0.3) is 5.57 Å². The summed E-state index contributed by atoms with van der Waals surface area (Å²) in [6, 6.07) is 10.3. The number of anilines is 2. The Balaban J connectivity index is 1.76. The first kappa shape index (κ1) is 23.5. The SMILES string of the molecule is CCCCCCCCCC(O)=C1C(=O)N(C(=O)Nc2ccc(C)cc2)c2ccc(F)cc21. The lowest BCUT2D eigenvalue weighted by molar-refractivity contribution is -0.112. The number of imide groups is 1. The van der Waals surface area contributed by atoms with Crippen LogP contribution in [0.5, 0.6) is 0 Å². The fraction of sp³-hybridized carbons (Fsp3) is 0.385. The highest BCUT2D eigenvalue weighted by Gasteiger charge is 2.39. The number of aryl methyl sites for hydroxylation is 1. The molecule has 0 aliphatic carbocycles. The molecule has 2 N–H and O–H groups in total. The molecule has 0 bridgehead atoms. The predicted molar refractivity (Wildman–Crippen MR) is 126 cm³/mol. The molecular formula is C26H31FN2O3. The third kappa shape index (κ3) is 5.55. The van der Waals surface area contributed by atoms with E-state index < -0.39 is 17.8 Å². The van der Waals surface area contributed by atoms with Gasteiger partial charge in [0.25, 0.3) is 5.91 Å². The topological polar surface area (TPSA) is 69.6 Å². The van der Waals surface area contributed by atoms with Gasteiger partial charge in [-0.2, -0.15) is 0 Å². The van der Waals surface area contributed by atoms with Crippen molar-refractivity contribution in [1.29, 1.82) is 0 Å². The lowest BCUT2D eigenvalue weighted by Crippen LogP contribution is -2.37. The normalized spacial score (nSPS) is 14.5. The van der Waals surface area contributed by atoms with E-state index in [-0.39, 0.29) is 22.6 Å². The molecule has 1 aliphatic heterocycles. The van der Waals surface area contributed by atoms with Gasteiger partial charge in [0, 0.05) is 17.7 Å². The van der Waals surface area contributed by atoms with E-state index in [4.69, 9.17) is 0 Å². The number of urea groups is 1. The van der Waals surface area contributed by atoms with Crippen LogP contribution in [0, 0.1) is 12.7 Å². The van der Waals surface area contributed by atoms with Crippen LogP contribution < -0.4 is 10.2 Å². The van der Waals surface area contributed by atoms with Gasteiger partial charge in [-0.15, -0.1) is 0 Å². The Morgan fingerprint density at radius 1 is 1.00 bits per heavy atom. The van der Waals surface area contributed by atoms with Crippen molar-refractivity contribution in [1.82, 2.24) is 0 Å². The number of halogens is 1. The molecule has 3 amide bonds. The minimum atomic E-state index is -0.648. The molecule has 0 atom stereocenters. The van der Waals surface area contributed by atoms with Crippen LogP contribution in [0.15, 0.2) is 48.2 Å². The van der Waals surface area contributed by atoms with Crippen LogP contribution in [0.3, 0.4) is 0 Å². The number of nitrogens with one attached hydrogen (secondary N) is 1. The van der Waals surface area contributed by atoms with Gasteiger partial charge in [0.2, 0.25) is 0 Å². The largest absolute Gasteiger partial charge is 0.511 e. The van der Waals surface area contributed by atoms with Gasteiger partial charge in [-0.05, 0) is 43.7 Å². The van der Waals surface area contributed by atoms with Crippen molar-refractivity contribution in [3.63, 3.8) is 0 Å². The molecule has 0 fully saturated rings. The van der Waals surface area contributed by atoms with E-state index in [1.165, 1.54) is 37.5 Å². The van der Waals surface area contributed by atoms with Gasteiger partial charge in [-0.3, -0.25) is 4.79 Å². The number of amides is 3. The van der Waals surface area contributed by atoms with E-state index in [2.05, 4.69) is 12.2 Å². The number of hydrogen-bond donors (Lipinski definition) is 2. The number of benzene rings is 2. The highest BCUT2D eigenvalue weighted by molar-refractivity contribution is 6.41. The lowest BCUT2D eigenvalue weighted by Gasteiger charge is -2.16. The molecule has 0 radical (unpaired) electrons. The number of rotatable bonds is 9. The molecule has 0 spiro atoms. The molecule has 2 aromatic rings. The van der Waals surface area contributed by atoms with Crippen molar-refractivity contribution in [2.24, 2.45) is 0 Å². The molecule has 1 aliphatic rings. The van der Waals surface area contributed by atoms with Crippen molar-refractivity contribution in [2.75, 3.05) is 10.2 Å². The van der Waals surface area contributed by atoms with Crippen LogP contribution in [-0.2, 0) is 4.79 Å². The summed E-state index contributed by atoms with van der Waals surface area (Å²) in [7, 11) is 0. The van der Waals surface area contributed by atoms with E-state index >= 15 is 0 Å². The Morgan fingerprint density at radius 2 is 1.66 bits per heavy atom. The number of fused-ring (bicyclic) bond motifs is 1. The summed E-state index contributed by atoms with van der Waals surface area (Å²) in [6.45, 7) is 4.11. The van der Waals surface area contributed by atoms with E-state index in [1.54, 1.807) is 12.1 Å². The van der Waals surface area contributed by atoms with Crippen molar-refractivity contribution in [2.45, 2.75) is 65.2 Å². The molecular weight excluding hydrogens is 407 g/mol. The van der Waals surface area contributed by atoms with E-state index in [1.807, 2.05) is 19.1 Å². The molecule has 170 valence electrons. The van der Waals surface area contributed by atoms with Crippen LogP contribution in [0.1, 0.15) is 69.4 Å². The molecule has 5 nitrogen and oxygen atoms in total. The monoisotopic (exact) mass is 438 g/mol. The summed E-state index contributed by atoms with van der Waals surface area (Å²) in [6.07, 6.45) is 7.86. The molecule has 0 unspecified atom stereocenters. The Morgan fingerprint density at radius 3 is 2.34 bits per heavy atom. The zero-order valence-electron chi connectivity index (χ0n) is 18.8. The second-order valence-electron chi connectivity index (χ2n) is 8.29. The number of carbonyl (C=O) groups excluding carboxylic acids is 2. The molecule has 0 aromatic heterocycles. The third-order valence-corrected chi connectivity index (χ3v) is 5.70. The second-order valence-corrected chi connectivity index (χ2v) is 8.29. The minimum absolute atomic E-state index is 0.00420. The second kappa shape index (κ2) is 10.9. The number of carbonyl (C=O) groups is 2. The first-order valence-electron chi connectivity index (χ1n) is 11.4. The number of aliphatic hydroxyl groups is 1. The summed E-state index contributed by atoms with van der Waals surface area (Å²) in [5.74, 6) is -1.27. The zero-order valence-corrected chi connectivity index (χ0v) is 18.8. The first-order chi connectivity index (χ1) is 15.4. The predicted octanol–water partition coefficient (Wildman–Crippen LogP) is 7.12. The van der Waals surface area contributed by atoms with Gasteiger partial charge in [0.05, 0.1) is 11.3 Å². The standard InChI is InChI=1S/C26H31FN2O3/c1-3-4-5-6-7-8-9-10-23(30)24-21-17-19(27)13-16-22(21)29(25(24)31)26(32)28-20-14-11-18(2)12-15-20/h11-17,30H,3-10H2,1-2H3,(H,28,32). The maximum Gasteiger partial charge on any atom is 0.333 e. The Kier molecular flexibility index (Phi) is 8.03. The molecule has 32 heavy (non-hydrogen) atoms. The lowest BCUT2D eigenvalue weighted by atomic mass is 10.0. The van der Waals surface area contributed by atoms with Gasteiger partial charge in [-0.25, -0.2) is 14.1 Å². The number of unbranched alkanes of at least 4 members (excludes halogenated alkanes) is 6. The maximum atomic E-state index is 14.0. The van der Waals surface area contributed by atoms with Crippen LogP contribution in [0.2, 0.25) is 0 Å². The quantitative estimate of drug-likeness (QED) is 0.249. The summed E-state index contributed by atoms with van der Waals surface area (Å²) in [5.41, 5.74) is 2.10. The van der Waals surface area contributed by atoms with Gasteiger partial charge in [-0.1, -0.05) is 63.1 Å². The van der Waals surface area contributed by atoms with Crippen molar-refractivity contribution < 1.29 is 19.1 Å². The van der Waals surface area contributed by atoms with Gasteiger partial charge < -0.3 is 10.4 Å². The summed E-state index contributed by atoms with van der Waals surface area (Å²) in [4.78, 5) is 27.0. The fourth-order valence-electron chi connectivity index (χ4n) is 3.91. The highest BCUT2D eigenvalue weighted by Crippen LogP contribution is 2.39. The van der Waals surface area contributed by atoms with Gasteiger partial charge in [0.1, 0.15) is 11.6 Å². The molecule has 3 rings (SSSR count). The summed E-state index contributed by atoms with van der Waals surface area (Å²) in [5, 5.41) is 13.4. The van der Waals surface area contributed by atoms with E-state index in [0.717, 1.165) is 36.1 Å². The average Bonchev–Trinajstić information content (AvgIpc) is 3.05. The minimum Gasteiger partial charge on any atom is -0.511 e. The van der Waals surface area contributed by atoms with Gasteiger partial charge in [0.15, 0.2) is 0 Å². The maximum absolute atomic E-state index is 14.0. The summed E-state index contributed by atoms with van der Waals surface area (Å²) >= 11 is 0. The molecule has 0 saturated carbocycles. The van der Waals surface area contributed by atoms with E-state index in [9.17, 15) is 19.1 Å². The number of aliphatic hydroxyl groups excluding tert-OH is 1. The van der Waals surface area contributed by atoms with Crippen molar-refractivity contribution in [3.8, 4) is 0 Å². The molecule has 0 saturated heterocycles. The Labute approximate surface area is 188 Å². The number of hydrogen-bond acceptors (Lipinski definition) is 3. The van der Waals surface area contributed by atoms with Crippen LogP contribution >= 0.6 is 0 Å². The highest BCUT2D eigenvalue weighted by atomic mass is 19.1. The average molecular weight is 439 g/mol. The third-order valence-electron chi connectivity index (χ3n) is 5.70.